The van der Waals surface area contributed by atoms with E-state index in [1.165, 1.54) is 23.1 Å². The number of aromatic nitrogens is 1. The fourth-order valence-electron chi connectivity index (χ4n) is 3.74. The number of rotatable bonds is 8. The highest BCUT2D eigenvalue weighted by atomic mass is 32.2. The molecule has 0 spiro atoms. The van der Waals surface area contributed by atoms with Gasteiger partial charge in [0.15, 0.2) is 4.34 Å². The average Bonchev–Trinajstić information content (AvgIpc) is 3.25. The monoisotopic (exact) mass is 489 g/mol. The van der Waals surface area contributed by atoms with E-state index < -0.39 is 0 Å². The van der Waals surface area contributed by atoms with Gasteiger partial charge in [0.25, 0.3) is 5.91 Å². The molecule has 0 aliphatic heterocycles. The Morgan fingerprint density at radius 2 is 1.68 bits per heavy atom. The molecule has 0 saturated carbocycles. The molecule has 1 aromatic heterocycles. The van der Waals surface area contributed by atoms with E-state index in [2.05, 4.69) is 41.6 Å². The summed E-state index contributed by atoms with van der Waals surface area (Å²) in [6.45, 7) is 6.15. The van der Waals surface area contributed by atoms with Gasteiger partial charge < -0.3 is 10.6 Å². The van der Waals surface area contributed by atoms with E-state index in [1.807, 2.05) is 49.4 Å². The van der Waals surface area contributed by atoms with Crippen molar-refractivity contribution in [3.05, 3.63) is 82.9 Å². The molecular formula is C27H27N3O2S2. The number of anilines is 2. The number of nitrogens with one attached hydrogen (secondary N) is 2. The molecule has 0 unspecified atom stereocenters. The van der Waals surface area contributed by atoms with Crippen LogP contribution in [-0.2, 0) is 17.6 Å². The lowest BCUT2D eigenvalue weighted by atomic mass is 10.0. The van der Waals surface area contributed by atoms with Crippen molar-refractivity contribution in [1.29, 1.82) is 0 Å². The minimum atomic E-state index is -0.141. The maximum absolute atomic E-state index is 12.7. The van der Waals surface area contributed by atoms with Crippen molar-refractivity contribution in [2.24, 2.45) is 0 Å². The van der Waals surface area contributed by atoms with Crippen LogP contribution in [0.1, 0.15) is 40.9 Å². The maximum Gasteiger partial charge on any atom is 0.255 e. The zero-order valence-corrected chi connectivity index (χ0v) is 21.1. The van der Waals surface area contributed by atoms with Gasteiger partial charge >= 0.3 is 0 Å². The topological polar surface area (TPSA) is 71.1 Å². The fraction of sp³-hybridized carbons (Fsp3) is 0.222. The van der Waals surface area contributed by atoms with Crippen LogP contribution in [-0.4, -0.2) is 22.6 Å². The molecule has 4 aromatic rings. The maximum atomic E-state index is 12.7. The zero-order valence-electron chi connectivity index (χ0n) is 19.5. The van der Waals surface area contributed by atoms with E-state index in [4.69, 9.17) is 0 Å². The summed E-state index contributed by atoms with van der Waals surface area (Å²) in [5.74, 6) is 0.112. The molecule has 0 radical (unpaired) electrons. The molecule has 1 heterocycles. The lowest BCUT2D eigenvalue weighted by Gasteiger charge is -2.14. The van der Waals surface area contributed by atoms with Gasteiger partial charge in [0.2, 0.25) is 5.91 Å². The van der Waals surface area contributed by atoms with Gasteiger partial charge in [-0.2, -0.15) is 0 Å². The molecule has 0 atom stereocenters. The van der Waals surface area contributed by atoms with Crippen LogP contribution in [0.2, 0.25) is 0 Å². The minimum absolute atomic E-state index is 0.0361. The molecular weight excluding hydrogens is 462 g/mol. The fourth-order valence-corrected chi connectivity index (χ4v) is 5.65. The van der Waals surface area contributed by atoms with Crippen molar-refractivity contribution in [3.63, 3.8) is 0 Å². The van der Waals surface area contributed by atoms with Gasteiger partial charge in [-0.3, -0.25) is 9.59 Å². The Hall–Kier alpha value is -3.16. The number of para-hydroxylation sites is 1. The van der Waals surface area contributed by atoms with Crippen LogP contribution in [0, 0.1) is 6.92 Å². The Kier molecular flexibility index (Phi) is 7.65. The summed E-state index contributed by atoms with van der Waals surface area (Å²) in [5.41, 5.74) is 6.49. The van der Waals surface area contributed by atoms with E-state index >= 15 is 0 Å². The summed E-state index contributed by atoms with van der Waals surface area (Å²) in [4.78, 5) is 29.9. The molecule has 0 bridgehead atoms. The zero-order chi connectivity index (χ0) is 24.1. The van der Waals surface area contributed by atoms with Gasteiger partial charge in [-0.25, -0.2) is 4.98 Å². The van der Waals surface area contributed by atoms with Gasteiger partial charge in [0.05, 0.1) is 16.0 Å². The molecule has 174 valence electrons. The van der Waals surface area contributed by atoms with E-state index in [-0.39, 0.29) is 17.6 Å². The quantitative estimate of drug-likeness (QED) is 0.270. The van der Waals surface area contributed by atoms with Crippen LogP contribution >= 0.6 is 23.1 Å². The number of carbonyl (C=O) groups is 2. The predicted molar refractivity (Wildman–Crippen MR) is 143 cm³/mol. The summed E-state index contributed by atoms with van der Waals surface area (Å²) in [6, 6.07) is 19.3. The van der Waals surface area contributed by atoms with Crippen LogP contribution in [0.15, 0.2) is 65.0 Å². The van der Waals surface area contributed by atoms with Crippen molar-refractivity contribution in [2.45, 2.75) is 38.0 Å². The normalized spacial score (nSPS) is 10.9. The van der Waals surface area contributed by atoms with Crippen molar-refractivity contribution < 1.29 is 9.59 Å². The number of nitrogens with zero attached hydrogens (tertiary/aromatic N) is 1. The molecule has 2 N–H and O–H groups in total. The molecule has 7 heteroatoms. The number of fused-ring (bicyclic) bond motifs is 1. The first-order valence-electron chi connectivity index (χ1n) is 11.3. The van der Waals surface area contributed by atoms with E-state index in [0.717, 1.165) is 55.5 Å². The third kappa shape index (κ3) is 5.66. The summed E-state index contributed by atoms with van der Waals surface area (Å²) in [5, 5.41) is 6.06. The Morgan fingerprint density at radius 3 is 2.38 bits per heavy atom. The van der Waals surface area contributed by atoms with Crippen LogP contribution in [0.3, 0.4) is 0 Å². The number of aryl methyl sites for hydroxylation is 3. The van der Waals surface area contributed by atoms with E-state index in [1.54, 1.807) is 6.07 Å². The molecule has 5 nitrogen and oxygen atoms in total. The van der Waals surface area contributed by atoms with Gasteiger partial charge in [0, 0.05) is 16.9 Å². The molecule has 2 amide bonds. The number of amides is 2. The largest absolute Gasteiger partial charge is 0.325 e. The molecule has 34 heavy (non-hydrogen) atoms. The molecule has 3 aromatic carbocycles. The van der Waals surface area contributed by atoms with Crippen molar-refractivity contribution in [2.75, 3.05) is 16.4 Å². The highest BCUT2D eigenvalue weighted by Crippen LogP contribution is 2.32. The first-order valence-corrected chi connectivity index (χ1v) is 13.1. The average molecular weight is 490 g/mol. The summed E-state index contributed by atoms with van der Waals surface area (Å²) in [7, 11) is 0. The number of thioether (sulfide) groups is 1. The van der Waals surface area contributed by atoms with Crippen molar-refractivity contribution in [1.82, 2.24) is 4.98 Å². The van der Waals surface area contributed by atoms with Gasteiger partial charge in [-0.15, -0.1) is 11.3 Å². The Labute approximate surface area is 208 Å². The molecule has 0 saturated heterocycles. The van der Waals surface area contributed by atoms with E-state index in [9.17, 15) is 9.59 Å². The van der Waals surface area contributed by atoms with Crippen LogP contribution < -0.4 is 10.6 Å². The first kappa shape index (κ1) is 24.0. The number of benzene rings is 3. The summed E-state index contributed by atoms with van der Waals surface area (Å²) >= 11 is 2.95. The smallest absolute Gasteiger partial charge is 0.255 e. The van der Waals surface area contributed by atoms with Crippen LogP contribution in [0.5, 0.6) is 0 Å². The third-order valence-electron chi connectivity index (χ3n) is 5.50. The minimum Gasteiger partial charge on any atom is -0.325 e. The molecule has 0 aliphatic carbocycles. The second-order valence-corrected chi connectivity index (χ2v) is 10.2. The van der Waals surface area contributed by atoms with Crippen molar-refractivity contribution in [3.8, 4) is 0 Å². The Balaban J connectivity index is 1.41. The van der Waals surface area contributed by atoms with E-state index in [0.29, 0.717) is 5.56 Å². The van der Waals surface area contributed by atoms with Crippen LogP contribution in [0.4, 0.5) is 11.4 Å². The third-order valence-corrected chi connectivity index (χ3v) is 7.66. The lowest BCUT2D eigenvalue weighted by molar-refractivity contribution is -0.113. The second-order valence-electron chi connectivity index (χ2n) is 7.98. The number of hydrogen-bond acceptors (Lipinski definition) is 5. The number of carbonyl (C=O) groups excluding carboxylic acids is 2. The highest BCUT2D eigenvalue weighted by Gasteiger charge is 2.13. The standard InChI is InChI=1S/C27H27N3O2S2/c1-4-18-9-7-10-19(5-2)25(18)30-24(31)16-33-27-29-22-13-12-21(15-23(22)34-27)28-26(32)20-11-6-8-17(3)14-20/h6-15H,4-5,16H2,1-3H3,(H,28,32)(H,30,31). The summed E-state index contributed by atoms with van der Waals surface area (Å²) in [6.07, 6.45) is 1.74. The predicted octanol–water partition coefficient (Wildman–Crippen LogP) is 6.71. The highest BCUT2D eigenvalue weighted by molar-refractivity contribution is 8.01. The number of hydrogen-bond donors (Lipinski definition) is 2. The second kappa shape index (κ2) is 10.8. The first-order chi connectivity index (χ1) is 16.5. The van der Waals surface area contributed by atoms with Crippen molar-refractivity contribution >= 4 is 56.5 Å². The number of thiazole rings is 1. The van der Waals surface area contributed by atoms with Gasteiger partial charge in [-0.05, 0) is 61.2 Å². The lowest BCUT2D eigenvalue weighted by Crippen LogP contribution is -2.16. The SMILES string of the molecule is CCc1cccc(CC)c1NC(=O)CSc1nc2ccc(NC(=O)c3cccc(C)c3)cc2s1. The molecule has 0 fully saturated rings. The molecule has 4 rings (SSSR count). The van der Waals surface area contributed by atoms with Gasteiger partial charge in [0.1, 0.15) is 0 Å². The summed E-state index contributed by atoms with van der Waals surface area (Å²) < 4.78 is 1.79. The van der Waals surface area contributed by atoms with Crippen LogP contribution in [0.25, 0.3) is 10.2 Å². The Bertz CT molecular complexity index is 1320. The Morgan fingerprint density at radius 1 is 0.941 bits per heavy atom. The van der Waals surface area contributed by atoms with Gasteiger partial charge in [-0.1, -0.05) is 61.5 Å². The molecule has 0 aliphatic rings.